The first-order valence-corrected chi connectivity index (χ1v) is 6.47. The first kappa shape index (κ1) is 13.4. The molecule has 0 radical (unpaired) electrons. The second kappa shape index (κ2) is 4.93. The first-order valence-electron chi connectivity index (χ1n) is 5.67. The quantitative estimate of drug-likeness (QED) is 0.903. The number of aliphatic hydroxyl groups excluding tert-OH is 1. The van der Waals surface area contributed by atoms with Gasteiger partial charge in [-0.3, -0.25) is 4.79 Å². The predicted molar refractivity (Wildman–Crippen MR) is 68.1 cm³/mol. The Balaban J connectivity index is 2.20. The molecule has 1 aromatic rings. The van der Waals surface area contributed by atoms with Crippen LogP contribution in [-0.2, 0) is 0 Å². The molecule has 0 bridgehead atoms. The molecule has 2 rings (SSSR count). The van der Waals surface area contributed by atoms with Gasteiger partial charge in [-0.05, 0) is 35.0 Å². The summed E-state index contributed by atoms with van der Waals surface area (Å²) < 4.78 is 14.5. The number of aliphatic hydroxyl groups is 1. The van der Waals surface area contributed by atoms with E-state index in [1.165, 1.54) is 4.90 Å². The molecular weight excluding hydrogens is 303 g/mol. The van der Waals surface area contributed by atoms with Gasteiger partial charge in [0.15, 0.2) is 5.67 Å². The van der Waals surface area contributed by atoms with Crippen LogP contribution in [0.25, 0.3) is 0 Å². The molecule has 0 spiro atoms. The minimum Gasteiger partial charge on any atom is -0.393 e. The Kier molecular flexibility index (Phi) is 3.68. The van der Waals surface area contributed by atoms with Gasteiger partial charge in [0.25, 0.3) is 5.91 Å². The lowest BCUT2D eigenvalue weighted by Gasteiger charge is -2.19. The van der Waals surface area contributed by atoms with Crippen LogP contribution in [0.4, 0.5) is 4.39 Å². The Morgan fingerprint density at radius 1 is 1.67 bits per heavy atom. The number of rotatable bonds is 2. The third-order valence-corrected chi connectivity index (χ3v) is 3.70. The largest absolute Gasteiger partial charge is 0.393 e. The first-order chi connectivity index (χ1) is 8.45. The number of halogens is 2. The van der Waals surface area contributed by atoms with Crippen LogP contribution >= 0.6 is 15.9 Å². The van der Waals surface area contributed by atoms with Crippen molar-refractivity contribution >= 4 is 21.8 Å². The molecule has 2 heterocycles. The van der Waals surface area contributed by atoms with Crippen molar-refractivity contribution < 1.29 is 14.3 Å². The monoisotopic (exact) mass is 316 g/mol. The molecular formula is C12H14BrFN2O2. The fourth-order valence-corrected chi connectivity index (χ4v) is 2.37. The molecule has 1 N–H and O–H groups in total. The number of likely N-dealkylation sites (tertiary alicyclic amines) is 1. The van der Waals surface area contributed by atoms with E-state index in [1.807, 2.05) is 0 Å². The topological polar surface area (TPSA) is 53.4 Å². The van der Waals surface area contributed by atoms with Gasteiger partial charge >= 0.3 is 0 Å². The van der Waals surface area contributed by atoms with Gasteiger partial charge in [-0.15, -0.1) is 0 Å². The van der Waals surface area contributed by atoms with E-state index in [-0.39, 0.29) is 24.6 Å². The maximum absolute atomic E-state index is 13.9. The smallest absolute Gasteiger partial charge is 0.273 e. The molecule has 18 heavy (non-hydrogen) atoms. The standard InChI is InChI=1S/C12H14BrFN2O2/c1-8-2-3-9(13)10(15-8)11(18)16-5-4-12(14,6-16)7-17/h2-3,17H,4-7H2,1H3. The van der Waals surface area contributed by atoms with E-state index in [9.17, 15) is 9.18 Å². The minimum absolute atomic E-state index is 0.0790. The summed E-state index contributed by atoms with van der Waals surface area (Å²) in [4.78, 5) is 17.8. The van der Waals surface area contributed by atoms with E-state index in [0.717, 1.165) is 5.69 Å². The molecule has 1 aliphatic heterocycles. The van der Waals surface area contributed by atoms with Gasteiger partial charge in [0.05, 0.1) is 13.2 Å². The number of aromatic nitrogens is 1. The highest BCUT2D eigenvalue weighted by atomic mass is 79.9. The number of carbonyl (C=O) groups excluding carboxylic acids is 1. The maximum atomic E-state index is 13.9. The number of pyridine rings is 1. The van der Waals surface area contributed by atoms with Gasteiger partial charge in [0.1, 0.15) is 5.69 Å². The predicted octanol–water partition coefficient (Wildman–Crippen LogP) is 1.70. The van der Waals surface area contributed by atoms with Gasteiger partial charge in [0.2, 0.25) is 0 Å². The molecule has 1 aromatic heterocycles. The van der Waals surface area contributed by atoms with Crippen molar-refractivity contribution in [3.8, 4) is 0 Å². The molecule has 0 aliphatic carbocycles. The molecule has 1 aliphatic rings. The summed E-state index contributed by atoms with van der Waals surface area (Å²) in [5.74, 6) is -0.307. The van der Waals surface area contributed by atoms with Gasteiger partial charge < -0.3 is 10.0 Å². The van der Waals surface area contributed by atoms with Gasteiger partial charge in [-0.25, -0.2) is 9.37 Å². The summed E-state index contributed by atoms with van der Waals surface area (Å²) in [5, 5.41) is 8.96. The Bertz CT molecular complexity index is 483. The van der Waals surface area contributed by atoms with Crippen LogP contribution in [0.5, 0.6) is 0 Å². The average Bonchev–Trinajstić information content (AvgIpc) is 2.75. The third kappa shape index (κ3) is 2.54. The summed E-state index contributed by atoms with van der Waals surface area (Å²) in [6, 6.07) is 3.54. The molecule has 1 unspecified atom stereocenters. The van der Waals surface area contributed by atoms with Crippen LogP contribution in [0.1, 0.15) is 22.6 Å². The van der Waals surface area contributed by atoms with Crippen molar-refractivity contribution in [3.05, 3.63) is 28.0 Å². The van der Waals surface area contributed by atoms with E-state index in [1.54, 1.807) is 19.1 Å². The van der Waals surface area contributed by atoms with Gasteiger partial charge in [-0.1, -0.05) is 0 Å². The zero-order chi connectivity index (χ0) is 13.3. The number of amides is 1. The summed E-state index contributed by atoms with van der Waals surface area (Å²) >= 11 is 3.27. The van der Waals surface area contributed by atoms with E-state index in [0.29, 0.717) is 11.0 Å². The molecule has 0 aromatic carbocycles. The van der Waals surface area contributed by atoms with Crippen LogP contribution in [0, 0.1) is 6.92 Å². The lowest BCUT2D eigenvalue weighted by atomic mass is 10.1. The third-order valence-electron chi connectivity index (χ3n) is 3.06. The van der Waals surface area contributed by atoms with E-state index >= 15 is 0 Å². The van der Waals surface area contributed by atoms with Crippen molar-refractivity contribution in [3.63, 3.8) is 0 Å². The minimum atomic E-state index is -1.67. The second-order valence-electron chi connectivity index (χ2n) is 4.57. The molecule has 1 amide bonds. The Labute approximate surface area is 113 Å². The van der Waals surface area contributed by atoms with Gasteiger partial charge in [0, 0.05) is 23.1 Å². The zero-order valence-corrected chi connectivity index (χ0v) is 11.6. The van der Waals surface area contributed by atoms with Crippen LogP contribution in [0.3, 0.4) is 0 Å². The number of alkyl halides is 1. The average molecular weight is 317 g/mol. The normalized spacial score (nSPS) is 23.4. The molecule has 98 valence electrons. The van der Waals surface area contributed by atoms with Crippen molar-refractivity contribution in [1.82, 2.24) is 9.88 Å². The number of aryl methyl sites for hydroxylation is 1. The molecule has 6 heteroatoms. The highest BCUT2D eigenvalue weighted by molar-refractivity contribution is 9.10. The molecule has 1 atom stereocenters. The Morgan fingerprint density at radius 3 is 3.00 bits per heavy atom. The Morgan fingerprint density at radius 2 is 2.39 bits per heavy atom. The lowest BCUT2D eigenvalue weighted by Crippen LogP contribution is -2.36. The molecule has 4 nitrogen and oxygen atoms in total. The summed E-state index contributed by atoms with van der Waals surface area (Å²) in [6.07, 6.45) is 0.165. The van der Waals surface area contributed by atoms with E-state index in [4.69, 9.17) is 5.11 Å². The van der Waals surface area contributed by atoms with Crippen molar-refractivity contribution in [2.24, 2.45) is 0 Å². The number of carbonyl (C=O) groups is 1. The van der Waals surface area contributed by atoms with Crippen LogP contribution in [-0.4, -0.2) is 46.3 Å². The van der Waals surface area contributed by atoms with Crippen molar-refractivity contribution in [1.29, 1.82) is 0 Å². The number of nitrogens with zero attached hydrogens (tertiary/aromatic N) is 2. The second-order valence-corrected chi connectivity index (χ2v) is 5.42. The van der Waals surface area contributed by atoms with Crippen LogP contribution in [0.15, 0.2) is 16.6 Å². The lowest BCUT2D eigenvalue weighted by molar-refractivity contribution is 0.0626. The van der Waals surface area contributed by atoms with E-state index in [2.05, 4.69) is 20.9 Å². The number of hydrogen-bond donors (Lipinski definition) is 1. The molecule has 1 fully saturated rings. The number of hydrogen-bond acceptors (Lipinski definition) is 3. The van der Waals surface area contributed by atoms with Crippen LogP contribution in [0.2, 0.25) is 0 Å². The van der Waals surface area contributed by atoms with Crippen molar-refractivity contribution in [2.75, 3.05) is 19.7 Å². The van der Waals surface area contributed by atoms with E-state index < -0.39 is 12.3 Å². The fraction of sp³-hybridized carbons (Fsp3) is 0.500. The Hall–Kier alpha value is -1.01. The highest BCUT2D eigenvalue weighted by Gasteiger charge is 2.40. The zero-order valence-electron chi connectivity index (χ0n) is 9.99. The van der Waals surface area contributed by atoms with Crippen molar-refractivity contribution in [2.45, 2.75) is 19.0 Å². The molecule has 0 saturated carbocycles. The summed E-state index contributed by atoms with van der Waals surface area (Å²) in [7, 11) is 0. The summed E-state index contributed by atoms with van der Waals surface area (Å²) in [5.41, 5.74) is -0.655. The SMILES string of the molecule is Cc1ccc(Br)c(C(=O)N2CCC(F)(CO)C2)n1. The highest BCUT2D eigenvalue weighted by Crippen LogP contribution is 2.27. The van der Waals surface area contributed by atoms with Crippen LogP contribution < -0.4 is 0 Å². The van der Waals surface area contributed by atoms with Gasteiger partial charge in [-0.2, -0.15) is 0 Å². The maximum Gasteiger partial charge on any atom is 0.273 e. The fourth-order valence-electron chi connectivity index (χ4n) is 1.98. The molecule has 1 saturated heterocycles. The summed E-state index contributed by atoms with van der Waals surface area (Å²) in [6.45, 7) is 1.46.